The number of halogens is 4. The lowest BCUT2D eigenvalue weighted by Gasteiger charge is -2.13. The fourth-order valence-electron chi connectivity index (χ4n) is 2.32. The zero-order chi connectivity index (χ0) is 13.0. The van der Waals surface area contributed by atoms with E-state index in [0.29, 0.717) is 6.07 Å². The summed E-state index contributed by atoms with van der Waals surface area (Å²) in [6.45, 7) is 3.62. The van der Waals surface area contributed by atoms with Crippen molar-refractivity contribution in [2.24, 2.45) is 11.1 Å². The van der Waals surface area contributed by atoms with Gasteiger partial charge in [0.05, 0.1) is 5.56 Å². The molecule has 1 aromatic rings. The molecule has 0 radical (unpaired) electrons. The Kier molecular flexibility index (Phi) is 2.51. The molecular formula is C12H13F4N. The monoisotopic (exact) mass is 247 g/mol. The van der Waals surface area contributed by atoms with E-state index in [2.05, 4.69) is 0 Å². The van der Waals surface area contributed by atoms with Crippen LogP contribution < -0.4 is 5.73 Å². The number of hydrogen-bond acceptors (Lipinski definition) is 1. The predicted molar refractivity (Wildman–Crippen MR) is 55.9 cm³/mol. The van der Waals surface area contributed by atoms with E-state index in [4.69, 9.17) is 5.73 Å². The van der Waals surface area contributed by atoms with Crippen molar-refractivity contribution in [3.8, 4) is 0 Å². The van der Waals surface area contributed by atoms with E-state index >= 15 is 0 Å². The van der Waals surface area contributed by atoms with Crippen LogP contribution in [0, 0.1) is 11.2 Å². The Morgan fingerprint density at radius 2 is 1.76 bits per heavy atom. The highest BCUT2D eigenvalue weighted by Crippen LogP contribution is 2.59. The van der Waals surface area contributed by atoms with Crippen LogP contribution in [0.2, 0.25) is 0 Å². The first kappa shape index (κ1) is 12.4. The Labute approximate surface area is 96.6 Å². The van der Waals surface area contributed by atoms with Gasteiger partial charge in [0.15, 0.2) is 0 Å². The second-order valence-corrected chi connectivity index (χ2v) is 5.05. The summed E-state index contributed by atoms with van der Waals surface area (Å²) in [7, 11) is 0. The molecule has 1 aliphatic rings. The van der Waals surface area contributed by atoms with Crippen LogP contribution in [0.5, 0.6) is 0 Å². The van der Waals surface area contributed by atoms with Gasteiger partial charge in [-0.3, -0.25) is 0 Å². The molecule has 0 amide bonds. The molecule has 0 heterocycles. The first-order valence-electron chi connectivity index (χ1n) is 5.28. The van der Waals surface area contributed by atoms with E-state index < -0.39 is 17.6 Å². The molecular weight excluding hydrogens is 234 g/mol. The Morgan fingerprint density at radius 1 is 1.24 bits per heavy atom. The summed E-state index contributed by atoms with van der Waals surface area (Å²) < 4.78 is 51.3. The molecule has 2 atom stereocenters. The third-order valence-corrected chi connectivity index (χ3v) is 3.57. The Balaban J connectivity index is 2.49. The van der Waals surface area contributed by atoms with Crippen molar-refractivity contribution in [2.75, 3.05) is 0 Å². The molecule has 2 rings (SSSR count). The van der Waals surface area contributed by atoms with Crippen LogP contribution in [-0.2, 0) is 6.18 Å². The Hall–Kier alpha value is -1.10. The van der Waals surface area contributed by atoms with Crippen LogP contribution in [0.15, 0.2) is 18.2 Å². The third kappa shape index (κ3) is 1.92. The normalized spacial score (nSPS) is 27.0. The van der Waals surface area contributed by atoms with Crippen molar-refractivity contribution in [1.29, 1.82) is 0 Å². The van der Waals surface area contributed by atoms with Gasteiger partial charge < -0.3 is 5.73 Å². The highest BCUT2D eigenvalue weighted by Gasteiger charge is 2.58. The van der Waals surface area contributed by atoms with Crippen LogP contribution in [0.3, 0.4) is 0 Å². The highest BCUT2D eigenvalue weighted by molar-refractivity contribution is 5.41. The molecule has 1 aliphatic carbocycles. The molecule has 0 saturated heterocycles. The summed E-state index contributed by atoms with van der Waals surface area (Å²) >= 11 is 0. The van der Waals surface area contributed by atoms with Crippen molar-refractivity contribution in [3.05, 3.63) is 35.1 Å². The maximum absolute atomic E-state index is 12.9. The minimum atomic E-state index is -4.55. The van der Waals surface area contributed by atoms with Gasteiger partial charge in [-0.05, 0) is 23.1 Å². The Bertz CT molecular complexity index is 450. The molecule has 2 N–H and O–H groups in total. The number of alkyl halides is 3. The lowest BCUT2D eigenvalue weighted by atomic mass is 9.97. The van der Waals surface area contributed by atoms with Crippen LogP contribution >= 0.6 is 0 Å². The van der Waals surface area contributed by atoms with E-state index in [1.165, 1.54) is 6.07 Å². The van der Waals surface area contributed by atoms with Crippen molar-refractivity contribution >= 4 is 0 Å². The Morgan fingerprint density at radius 3 is 2.18 bits per heavy atom. The molecule has 5 heteroatoms. The first-order chi connectivity index (χ1) is 7.65. The first-order valence-corrected chi connectivity index (χ1v) is 5.28. The van der Waals surface area contributed by atoms with E-state index in [-0.39, 0.29) is 22.9 Å². The number of rotatable bonds is 1. The minimum Gasteiger partial charge on any atom is -0.327 e. The van der Waals surface area contributed by atoms with Gasteiger partial charge >= 0.3 is 6.18 Å². The molecule has 0 aliphatic heterocycles. The van der Waals surface area contributed by atoms with Gasteiger partial charge in [0.2, 0.25) is 0 Å². The smallest absolute Gasteiger partial charge is 0.327 e. The molecule has 0 unspecified atom stereocenters. The van der Waals surface area contributed by atoms with Crippen LogP contribution in [-0.4, -0.2) is 6.04 Å². The van der Waals surface area contributed by atoms with E-state index in [9.17, 15) is 17.6 Å². The molecule has 0 spiro atoms. The molecule has 17 heavy (non-hydrogen) atoms. The van der Waals surface area contributed by atoms with E-state index in [0.717, 1.165) is 6.07 Å². The lowest BCUT2D eigenvalue weighted by molar-refractivity contribution is -0.138. The van der Waals surface area contributed by atoms with Gasteiger partial charge in [0, 0.05) is 12.0 Å². The third-order valence-electron chi connectivity index (χ3n) is 3.57. The van der Waals surface area contributed by atoms with Crippen molar-refractivity contribution in [3.63, 3.8) is 0 Å². The van der Waals surface area contributed by atoms with E-state index in [1.807, 2.05) is 13.8 Å². The topological polar surface area (TPSA) is 26.0 Å². The largest absolute Gasteiger partial charge is 0.416 e. The van der Waals surface area contributed by atoms with Gasteiger partial charge in [0.25, 0.3) is 0 Å². The SMILES string of the molecule is CC1(C)[C@H](N)[C@H]1c1ccc(F)cc1C(F)(F)F. The summed E-state index contributed by atoms with van der Waals surface area (Å²) in [6.07, 6.45) is -4.55. The zero-order valence-corrected chi connectivity index (χ0v) is 9.48. The molecule has 1 fully saturated rings. The maximum atomic E-state index is 12.9. The highest BCUT2D eigenvalue weighted by atomic mass is 19.4. The van der Waals surface area contributed by atoms with Crippen LogP contribution in [0.25, 0.3) is 0 Å². The van der Waals surface area contributed by atoms with Gasteiger partial charge in [-0.2, -0.15) is 13.2 Å². The summed E-state index contributed by atoms with van der Waals surface area (Å²) in [6, 6.07) is 2.47. The number of benzene rings is 1. The zero-order valence-electron chi connectivity index (χ0n) is 9.48. The van der Waals surface area contributed by atoms with Crippen molar-refractivity contribution < 1.29 is 17.6 Å². The summed E-state index contributed by atoms with van der Waals surface area (Å²) in [4.78, 5) is 0. The number of hydrogen-bond donors (Lipinski definition) is 1. The van der Waals surface area contributed by atoms with Crippen LogP contribution in [0.4, 0.5) is 17.6 Å². The molecule has 1 saturated carbocycles. The summed E-state index contributed by atoms with van der Waals surface area (Å²) in [5.74, 6) is -1.24. The summed E-state index contributed by atoms with van der Waals surface area (Å²) in [5, 5.41) is 0. The predicted octanol–water partition coefficient (Wildman–Crippen LogP) is 3.30. The van der Waals surface area contributed by atoms with Gasteiger partial charge in [-0.15, -0.1) is 0 Å². The van der Waals surface area contributed by atoms with Crippen molar-refractivity contribution in [2.45, 2.75) is 32.0 Å². The second-order valence-electron chi connectivity index (χ2n) is 5.05. The van der Waals surface area contributed by atoms with Gasteiger partial charge in [-0.25, -0.2) is 4.39 Å². The standard InChI is InChI=1S/C12H13F4N/c1-11(2)9(10(11)17)7-4-3-6(13)5-8(7)12(14,15)16/h3-5,9-10H,17H2,1-2H3/t9-,10-/m1/s1. The maximum Gasteiger partial charge on any atom is 0.416 e. The molecule has 1 nitrogen and oxygen atoms in total. The van der Waals surface area contributed by atoms with Crippen LogP contribution in [0.1, 0.15) is 30.9 Å². The molecule has 0 bridgehead atoms. The van der Waals surface area contributed by atoms with E-state index in [1.54, 1.807) is 0 Å². The minimum absolute atomic E-state index is 0.0939. The number of nitrogens with two attached hydrogens (primary N) is 1. The molecule has 1 aromatic carbocycles. The molecule has 94 valence electrons. The fourth-order valence-corrected chi connectivity index (χ4v) is 2.32. The second kappa shape index (κ2) is 3.45. The fraction of sp³-hybridized carbons (Fsp3) is 0.500. The lowest BCUT2D eigenvalue weighted by Crippen LogP contribution is -2.11. The van der Waals surface area contributed by atoms with Gasteiger partial charge in [0.1, 0.15) is 5.82 Å². The molecule has 0 aromatic heterocycles. The summed E-state index contributed by atoms with van der Waals surface area (Å²) in [5.41, 5.74) is 4.58. The average molecular weight is 247 g/mol. The quantitative estimate of drug-likeness (QED) is 0.757. The van der Waals surface area contributed by atoms with Crippen molar-refractivity contribution in [1.82, 2.24) is 0 Å². The van der Waals surface area contributed by atoms with Gasteiger partial charge in [-0.1, -0.05) is 19.9 Å². The average Bonchev–Trinajstić information content (AvgIpc) is 2.65.